The van der Waals surface area contributed by atoms with Crippen molar-refractivity contribution in [1.29, 1.82) is 0 Å². The molecule has 1 N–H and O–H groups in total. The molecule has 1 aliphatic carbocycles. The summed E-state index contributed by atoms with van der Waals surface area (Å²) in [7, 11) is 0. The molecule has 0 radical (unpaired) electrons. The first-order valence-corrected chi connectivity index (χ1v) is 7.78. The highest BCUT2D eigenvalue weighted by Gasteiger charge is 2.37. The third kappa shape index (κ3) is 3.98. The molecule has 0 amide bonds. The van der Waals surface area contributed by atoms with Crippen molar-refractivity contribution in [2.24, 2.45) is 5.92 Å². The van der Waals surface area contributed by atoms with Gasteiger partial charge in [0, 0.05) is 37.8 Å². The van der Waals surface area contributed by atoms with Gasteiger partial charge in [-0.1, -0.05) is 6.42 Å². The van der Waals surface area contributed by atoms with Gasteiger partial charge >= 0.3 is 6.18 Å². The van der Waals surface area contributed by atoms with Crippen molar-refractivity contribution in [2.45, 2.75) is 31.5 Å². The summed E-state index contributed by atoms with van der Waals surface area (Å²) < 4.78 is 53.1. The molecule has 3 rings (SSSR count). The van der Waals surface area contributed by atoms with Gasteiger partial charge in [0.25, 0.3) is 0 Å². The summed E-state index contributed by atoms with van der Waals surface area (Å²) in [4.78, 5) is 2.14. The van der Waals surface area contributed by atoms with Crippen molar-refractivity contribution >= 4 is 12.4 Å². The van der Waals surface area contributed by atoms with Crippen LogP contribution in [0.3, 0.4) is 0 Å². The Hall–Kier alpha value is -0.850. The number of nitrogens with zero attached hydrogens (tertiary/aromatic N) is 1. The molecular weight excluding hydrogens is 332 g/mol. The predicted molar refractivity (Wildman–Crippen MR) is 83.2 cm³/mol. The molecule has 1 aromatic rings. The van der Waals surface area contributed by atoms with E-state index in [1.54, 1.807) is 0 Å². The Morgan fingerprint density at radius 1 is 1.13 bits per heavy atom. The van der Waals surface area contributed by atoms with E-state index in [2.05, 4.69) is 10.2 Å². The van der Waals surface area contributed by atoms with Crippen LogP contribution in [0.5, 0.6) is 0 Å². The van der Waals surface area contributed by atoms with Crippen LogP contribution in [0.2, 0.25) is 0 Å². The van der Waals surface area contributed by atoms with E-state index < -0.39 is 17.6 Å². The van der Waals surface area contributed by atoms with Gasteiger partial charge in [-0.3, -0.25) is 4.90 Å². The molecule has 2 aliphatic rings. The maximum Gasteiger partial charge on any atom is 0.416 e. The second-order valence-electron chi connectivity index (χ2n) is 6.16. The molecule has 1 aromatic carbocycles. The molecule has 1 aliphatic heterocycles. The first-order chi connectivity index (χ1) is 10.5. The van der Waals surface area contributed by atoms with E-state index in [9.17, 15) is 17.6 Å². The molecule has 7 heteroatoms. The van der Waals surface area contributed by atoms with Gasteiger partial charge in [-0.25, -0.2) is 4.39 Å². The fourth-order valence-electron chi connectivity index (χ4n) is 3.41. The van der Waals surface area contributed by atoms with Crippen molar-refractivity contribution < 1.29 is 17.6 Å². The zero-order valence-corrected chi connectivity index (χ0v) is 13.5. The smallest absolute Gasteiger partial charge is 0.314 e. The number of hydrogen-bond donors (Lipinski definition) is 1. The van der Waals surface area contributed by atoms with Gasteiger partial charge in [0.2, 0.25) is 0 Å². The highest BCUT2D eigenvalue weighted by Crippen LogP contribution is 2.43. The van der Waals surface area contributed by atoms with E-state index in [4.69, 9.17) is 0 Å². The minimum Gasteiger partial charge on any atom is -0.314 e. The van der Waals surface area contributed by atoms with Gasteiger partial charge in [-0.05, 0) is 37.0 Å². The lowest BCUT2D eigenvalue weighted by atomic mass is 9.76. The van der Waals surface area contributed by atoms with E-state index in [0.717, 1.165) is 63.6 Å². The average Bonchev–Trinajstić information content (AvgIpc) is 2.43. The molecule has 1 saturated carbocycles. The second kappa shape index (κ2) is 7.36. The highest BCUT2D eigenvalue weighted by atomic mass is 35.5. The Morgan fingerprint density at radius 3 is 2.30 bits per heavy atom. The van der Waals surface area contributed by atoms with Crippen LogP contribution in [-0.4, -0.2) is 31.1 Å². The minimum absolute atomic E-state index is 0. The van der Waals surface area contributed by atoms with E-state index in [-0.39, 0.29) is 29.9 Å². The van der Waals surface area contributed by atoms with E-state index >= 15 is 0 Å². The Labute approximate surface area is 139 Å². The predicted octanol–water partition coefficient (Wildman–Crippen LogP) is 4.01. The molecule has 1 atom stereocenters. The van der Waals surface area contributed by atoms with Crippen molar-refractivity contribution in [1.82, 2.24) is 10.2 Å². The third-order valence-corrected chi connectivity index (χ3v) is 4.78. The summed E-state index contributed by atoms with van der Waals surface area (Å²) in [5.41, 5.74) is -0.551. The first kappa shape index (κ1) is 18.5. The van der Waals surface area contributed by atoms with Gasteiger partial charge in [0.05, 0.1) is 5.56 Å². The molecular formula is C16H21ClF4N2. The van der Waals surface area contributed by atoms with Crippen molar-refractivity contribution in [3.8, 4) is 0 Å². The van der Waals surface area contributed by atoms with Crippen LogP contribution < -0.4 is 5.32 Å². The Morgan fingerprint density at radius 2 is 1.78 bits per heavy atom. The molecule has 0 aromatic heterocycles. The SMILES string of the molecule is Cl.Fc1ccc(C(F)(F)F)cc1[C@H](C1CCC1)N1CCNCC1. The van der Waals surface area contributed by atoms with Gasteiger partial charge in [0.15, 0.2) is 0 Å². The zero-order valence-electron chi connectivity index (χ0n) is 12.7. The first-order valence-electron chi connectivity index (χ1n) is 7.78. The average molecular weight is 353 g/mol. The Bertz CT molecular complexity index is 525. The number of piperazine rings is 1. The quantitative estimate of drug-likeness (QED) is 0.827. The summed E-state index contributed by atoms with van der Waals surface area (Å²) >= 11 is 0. The number of benzene rings is 1. The summed E-state index contributed by atoms with van der Waals surface area (Å²) in [6, 6.07) is 2.57. The number of nitrogens with one attached hydrogen (secondary N) is 1. The van der Waals surface area contributed by atoms with Gasteiger partial charge in [-0.2, -0.15) is 13.2 Å². The molecule has 0 spiro atoms. The van der Waals surface area contributed by atoms with E-state index in [1.807, 2.05) is 0 Å². The zero-order chi connectivity index (χ0) is 15.7. The summed E-state index contributed by atoms with van der Waals surface area (Å²) in [6.07, 6.45) is -1.43. The molecule has 23 heavy (non-hydrogen) atoms. The second-order valence-corrected chi connectivity index (χ2v) is 6.16. The summed E-state index contributed by atoms with van der Waals surface area (Å²) in [5, 5.41) is 3.23. The molecule has 2 nitrogen and oxygen atoms in total. The number of rotatable bonds is 3. The maximum absolute atomic E-state index is 14.3. The lowest BCUT2D eigenvalue weighted by molar-refractivity contribution is -0.137. The lowest BCUT2D eigenvalue weighted by Crippen LogP contribution is -2.48. The summed E-state index contributed by atoms with van der Waals surface area (Å²) in [6.45, 7) is 3.08. The fraction of sp³-hybridized carbons (Fsp3) is 0.625. The fourth-order valence-corrected chi connectivity index (χ4v) is 3.41. The van der Waals surface area contributed by atoms with Crippen LogP contribution in [0, 0.1) is 11.7 Å². The minimum atomic E-state index is -4.43. The van der Waals surface area contributed by atoms with Crippen molar-refractivity contribution in [3.63, 3.8) is 0 Å². The molecule has 0 unspecified atom stereocenters. The standard InChI is InChI=1S/C16H20F4N2.ClH/c17-14-5-4-12(16(18,19)20)10-13(14)15(11-2-1-3-11)22-8-6-21-7-9-22;/h4-5,10-11,15,21H,1-3,6-9H2;1H/t15-;/m0./s1. The van der Waals surface area contributed by atoms with Crippen molar-refractivity contribution in [3.05, 3.63) is 35.1 Å². The highest BCUT2D eigenvalue weighted by molar-refractivity contribution is 5.85. The third-order valence-electron chi connectivity index (χ3n) is 4.78. The van der Waals surface area contributed by atoms with Crippen LogP contribution in [0.4, 0.5) is 17.6 Å². The normalized spacial score (nSPS) is 21.4. The Kier molecular flexibility index (Phi) is 5.92. The van der Waals surface area contributed by atoms with Crippen molar-refractivity contribution in [2.75, 3.05) is 26.2 Å². The van der Waals surface area contributed by atoms with Gasteiger partial charge < -0.3 is 5.32 Å². The summed E-state index contributed by atoms with van der Waals surface area (Å²) in [5.74, 6) is -0.264. The largest absolute Gasteiger partial charge is 0.416 e. The van der Waals surface area contributed by atoms with E-state index in [1.165, 1.54) is 0 Å². The number of hydrogen-bond acceptors (Lipinski definition) is 2. The molecule has 2 fully saturated rings. The van der Waals surface area contributed by atoms with Crippen LogP contribution in [-0.2, 0) is 6.18 Å². The lowest BCUT2D eigenvalue weighted by Gasteiger charge is -2.43. The van der Waals surface area contributed by atoms with Crippen LogP contribution in [0.15, 0.2) is 18.2 Å². The number of halogens is 5. The maximum atomic E-state index is 14.3. The van der Waals surface area contributed by atoms with Gasteiger partial charge in [-0.15, -0.1) is 12.4 Å². The number of alkyl halides is 3. The molecule has 1 heterocycles. The molecule has 130 valence electrons. The Balaban J connectivity index is 0.00000192. The topological polar surface area (TPSA) is 15.3 Å². The van der Waals surface area contributed by atoms with Crippen LogP contribution in [0.1, 0.15) is 36.4 Å². The van der Waals surface area contributed by atoms with E-state index in [0.29, 0.717) is 0 Å². The van der Waals surface area contributed by atoms with Crippen LogP contribution in [0.25, 0.3) is 0 Å². The monoisotopic (exact) mass is 352 g/mol. The molecule has 1 saturated heterocycles. The van der Waals surface area contributed by atoms with Crippen LogP contribution >= 0.6 is 12.4 Å². The van der Waals surface area contributed by atoms with Gasteiger partial charge in [0.1, 0.15) is 5.82 Å². The molecule has 0 bridgehead atoms.